The van der Waals surface area contributed by atoms with Crippen molar-refractivity contribution in [1.82, 2.24) is 8.80 Å². The van der Waals surface area contributed by atoms with Gasteiger partial charge in [-0.05, 0) is 194 Å². The van der Waals surface area contributed by atoms with E-state index in [-0.39, 0.29) is 32.5 Å². The second-order valence-electron chi connectivity index (χ2n) is 28.0. The molecule has 0 saturated carbocycles. The Hall–Kier alpha value is -6.12. The van der Waals surface area contributed by atoms with E-state index in [9.17, 15) is 0 Å². The molecule has 0 atom stereocenters. The predicted molar refractivity (Wildman–Crippen MR) is 309 cm³/mol. The summed E-state index contributed by atoms with van der Waals surface area (Å²) in [6.07, 6.45) is 0. The predicted octanol–water partition coefficient (Wildman–Crippen LogP) is 19.8. The van der Waals surface area contributed by atoms with Crippen LogP contribution in [0.1, 0.15) is 158 Å². The van der Waals surface area contributed by atoms with Crippen LogP contribution in [0.15, 0.2) is 97.1 Å². The van der Waals surface area contributed by atoms with Crippen LogP contribution in [0, 0.1) is 0 Å². The average Bonchev–Trinajstić information content (AvgIpc) is 3.98. The molecule has 0 unspecified atom stereocenters. The van der Waals surface area contributed by atoms with Gasteiger partial charge in [-0.25, -0.2) is 0 Å². The Balaban J connectivity index is 1.32. The molecule has 0 fully saturated rings. The third-order valence-corrected chi connectivity index (χ3v) is 16.9. The summed E-state index contributed by atoms with van der Waals surface area (Å²) >= 11 is 0. The summed E-state index contributed by atoms with van der Waals surface area (Å²) in [5.74, 6) is 0. The molecule has 352 valence electrons. The molecule has 0 aliphatic rings. The Morgan fingerprint density at radius 1 is 0.214 bits per heavy atom. The third-order valence-electron chi connectivity index (χ3n) is 16.9. The summed E-state index contributed by atoms with van der Waals surface area (Å²) in [7, 11) is 0. The summed E-state index contributed by atoms with van der Waals surface area (Å²) < 4.78 is 5.30. The van der Waals surface area contributed by atoms with E-state index in [1.165, 1.54) is 153 Å². The molecular weight excluding hydrogens is 845 g/mol. The molecule has 0 spiro atoms. The number of benzene rings is 9. The van der Waals surface area contributed by atoms with Crippen molar-refractivity contribution in [2.24, 2.45) is 0 Å². The highest BCUT2D eigenvalue weighted by molar-refractivity contribution is 6.43. The van der Waals surface area contributed by atoms with Gasteiger partial charge in [-0.3, -0.25) is 0 Å². The van der Waals surface area contributed by atoms with Crippen molar-refractivity contribution in [2.75, 3.05) is 0 Å². The van der Waals surface area contributed by atoms with E-state index in [4.69, 9.17) is 0 Å². The second kappa shape index (κ2) is 13.0. The monoisotopic (exact) mass is 915 g/mol. The van der Waals surface area contributed by atoms with E-state index in [0.29, 0.717) is 0 Å². The highest BCUT2D eigenvalue weighted by Crippen LogP contribution is 2.53. The molecule has 0 N–H and O–H groups in total. The van der Waals surface area contributed by atoms with E-state index in [2.05, 4.69) is 230 Å². The molecule has 9 aromatic carbocycles. The Morgan fingerprint density at radius 3 is 0.786 bits per heavy atom. The topological polar surface area (TPSA) is 8.82 Å². The summed E-state index contributed by atoms with van der Waals surface area (Å²) in [4.78, 5) is 0. The van der Waals surface area contributed by atoms with Gasteiger partial charge in [0.2, 0.25) is 0 Å². The zero-order valence-corrected chi connectivity index (χ0v) is 45.1. The van der Waals surface area contributed by atoms with E-state index in [1.54, 1.807) is 0 Å². The van der Waals surface area contributed by atoms with Gasteiger partial charge >= 0.3 is 0 Å². The van der Waals surface area contributed by atoms with Gasteiger partial charge in [0.15, 0.2) is 0 Å². The minimum absolute atomic E-state index is 0.0294. The fourth-order valence-corrected chi connectivity index (χ4v) is 12.7. The van der Waals surface area contributed by atoms with Crippen molar-refractivity contribution in [3.63, 3.8) is 0 Å². The zero-order valence-electron chi connectivity index (χ0n) is 45.1. The van der Waals surface area contributed by atoms with Gasteiger partial charge in [-0.1, -0.05) is 137 Å². The Kier molecular flexibility index (Phi) is 8.17. The number of rotatable bonds is 0. The van der Waals surface area contributed by atoms with Crippen LogP contribution in [0.4, 0.5) is 0 Å². The van der Waals surface area contributed by atoms with Crippen molar-refractivity contribution in [2.45, 2.75) is 157 Å². The van der Waals surface area contributed by atoms with E-state index in [0.717, 1.165) is 0 Å². The first-order chi connectivity index (χ1) is 32.5. The summed E-state index contributed by atoms with van der Waals surface area (Å²) in [5, 5.41) is 21.8. The lowest BCUT2D eigenvalue weighted by molar-refractivity contribution is 0.590. The smallest absolute Gasteiger partial charge is 0.0620 e. The van der Waals surface area contributed by atoms with Gasteiger partial charge in [0, 0.05) is 43.1 Å². The van der Waals surface area contributed by atoms with Crippen molar-refractivity contribution >= 4 is 119 Å². The lowest BCUT2D eigenvalue weighted by atomic mass is 9.78. The molecule has 13 aromatic rings. The van der Waals surface area contributed by atoms with Gasteiger partial charge in [0.05, 0.1) is 33.1 Å². The maximum atomic E-state index is 2.65. The molecule has 2 heteroatoms. The van der Waals surface area contributed by atoms with Gasteiger partial charge in [0.1, 0.15) is 0 Å². The van der Waals surface area contributed by atoms with Crippen LogP contribution in [-0.2, 0) is 32.5 Å². The molecule has 4 aromatic heterocycles. The quantitative estimate of drug-likeness (QED) is 0.106. The number of nitrogens with zero attached hydrogens (tertiary/aromatic N) is 2. The van der Waals surface area contributed by atoms with E-state index in [1.807, 2.05) is 0 Å². The lowest BCUT2D eigenvalue weighted by Gasteiger charge is -2.25. The third kappa shape index (κ3) is 5.74. The molecule has 0 amide bonds. The summed E-state index contributed by atoms with van der Waals surface area (Å²) in [5.41, 5.74) is 16.0. The molecule has 0 aliphatic heterocycles. The molecule has 0 saturated heterocycles. The Labute approximate surface area is 413 Å². The minimum atomic E-state index is -0.0838. The van der Waals surface area contributed by atoms with Gasteiger partial charge in [-0.15, -0.1) is 0 Å². The Bertz CT molecular complexity index is 4130. The fraction of sp³-hybridized carbons (Fsp3) is 0.353. The van der Waals surface area contributed by atoms with Crippen LogP contribution in [0.5, 0.6) is 0 Å². The van der Waals surface area contributed by atoms with Crippen molar-refractivity contribution in [1.29, 1.82) is 0 Å². The van der Waals surface area contributed by atoms with Crippen LogP contribution < -0.4 is 0 Å². The first kappa shape index (κ1) is 43.9. The van der Waals surface area contributed by atoms with Crippen LogP contribution in [0.25, 0.3) is 119 Å². The minimum Gasteiger partial charge on any atom is -0.308 e. The van der Waals surface area contributed by atoms with E-state index >= 15 is 0 Å². The molecule has 4 heterocycles. The first-order valence-electron chi connectivity index (χ1n) is 26.1. The van der Waals surface area contributed by atoms with Crippen molar-refractivity contribution < 1.29 is 0 Å². The maximum Gasteiger partial charge on any atom is 0.0620 e. The molecule has 13 rings (SSSR count). The maximum absolute atomic E-state index is 2.65. The van der Waals surface area contributed by atoms with Gasteiger partial charge in [-0.2, -0.15) is 0 Å². The lowest BCUT2D eigenvalue weighted by Crippen LogP contribution is -2.12. The molecule has 0 bridgehead atoms. The van der Waals surface area contributed by atoms with Gasteiger partial charge in [0.25, 0.3) is 0 Å². The fourth-order valence-electron chi connectivity index (χ4n) is 12.7. The summed E-state index contributed by atoms with van der Waals surface area (Å²) in [6.45, 7) is 42.7. The molecule has 0 aliphatic carbocycles. The highest BCUT2D eigenvalue weighted by atomic mass is 14.9. The van der Waals surface area contributed by atoms with Gasteiger partial charge < -0.3 is 8.80 Å². The van der Waals surface area contributed by atoms with Crippen LogP contribution in [0.2, 0.25) is 0 Å². The Morgan fingerprint density at radius 2 is 0.471 bits per heavy atom. The van der Waals surface area contributed by atoms with E-state index < -0.39 is 0 Å². The average molecular weight is 915 g/mol. The first-order valence-corrected chi connectivity index (χ1v) is 26.1. The van der Waals surface area contributed by atoms with Crippen LogP contribution in [0.3, 0.4) is 0 Å². The van der Waals surface area contributed by atoms with Crippen LogP contribution >= 0.6 is 0 Å². The molecular formula is C68H70N2. The molecule has 70 heavy (non-hydrogen) atoms. The molecule has 2 nitrogen and oxygen atoms in total. The van der Waals surface area contributed by atoms with Crippen LogP contribution in [-0.4, -0.2) is 8.80 Å². The SMILES string of the molecule is CC(C)(C)c1cc2c3cc4c(c5cc(C(C)(C)C)cc(c6cc7c(c(c1)c26)c1cc(C(C)(C)C)cc2c6cc(C(C)(C)C)ccc6n7c21)c35)c1cc(C(C)(C)C)cc2c3cc(C(C)(C)C)ccc3n4c21. The van der Waals surface area contributed by atoms with Crippen molar-refractivity contribution in [3.8, 4) is 0 Å². The number of hydrogen-bond donors (Lipinski definition) is 0. The number of fused-ring (bicyclic) bond motifs is 16. The van der Waals surface area contributed by atoms with Crippen molar-refractivity contribution in [3.05, 3.63) is 130 Å². The standard InChI is InChI=1S/C68H70N2/c1-63(2,3)35-19-21-53-41(23-35)47-27-39(67(13,14)15)31-51-59-49-29-37(65(7,8)9)26-44-46-34-56-60(50-30-38(66(10,11)12)25-43(58(46)50)45(57(44)49)33-55(59)69(53)61(47)51)52-32-40(68(16,17)18)28-48-42-24-36(64(4,5)6)20-22-54(42)70(56)62(48)52/h19-34H,1-18H3. The summed E-state index contributed by atoms with van der Waals surface area (Å²) in [6, 6.07) is 40.3. The highest BCUT2D eigenvalue weighted by Gasteiger charge is 2.31. The second-order valence-corrected chi connectivity index (χ2v) is 28.0. The molecule has 0 radical (unpaired) electrons. The number of aromatic nitrogens is 2. The zero-order chi connectivity index (χ0) is 49.6. The normalized spacial score (nSPS) is 14.4. The largest absolute Gasteiger partial charge is 0.308 e. The number of hydrogen-bond acceptors (Lipinski definition) is 0.